The Bertz CT molecular complexity index is 1440. The summed E-state index contributed by atoms with van der Waals surface area (Å²) < 4.78 is 33.4. The largest absolute Gasteiger partial charge is 0.458 e. The molecule has 4 fully saturated rings. The van der Waals surface area contributed by atoms with Gasteiger partial charge in [0.1, 0.15) is 47.9 Å². The van der Waals surface area contributed by atoms with Crippen molar-refractivity contribution in [1.29, 1.82) is 0 Å². The number of cyclic esters (lactones) is 1. The molecule has 0 aromatic heterocycles. The minimum atomic E-state index is -1.45. The summed E-state index contributed by atoms with van der Waals surface area (Å²) in [6.07, 6.45) is 1.51. The summed E-state index contributed by atoms with van der Waals surface area (Å²) in [5, 5.41) is 5.40. The number of nitrogens with one attached hydrogen (secondary N) is 2. The predicted molar refractivity (Wildman–Crippen MR) is 165 cm³/mol. The molecule has 1 aromatic carbocycles. The van der Waals surface area contributed by atoms with Gasteiger partial charge in [0.05, 0.1) is 0 Å². The van der Waals surface area contributed by atoms with E-state index in [4.69, 9.17) is 4.74 Å². The number of piperidine rings is 1. The molecule has 5 amide bonds. The molecule has 4 aliphatic heterocycles. The van der Waals surface area contributed by atoms with Crippen LogP contribution in [0.2, 0.25) is 0 Å². The first kappa shape index (κ1) is 35.2. The van der Waals surface area contributed by atoms with Gasteiger partial charge in [-0.1, -0.05) is 6.92 Å². The monoisotopic (exact) mass is 675 g/mol. The molecule has 15 heteroatoms. The van der Waals surface area contributed by atoms with Gasteiger partial charge in [-0.3, -0.25) is 24.0 Å². The number of nitrogens with zero attached hydrogens (tertiary/aromatic N) is 3. The summed E-state index contributed by atoms with van der Waals surface area (Å²) >= 11 is 0. The lowest BCUT2D eigenvalue weighted by Gasteiger charge is -2.39. The number of halogens is 2. The SMILES string of the molecule is C[C@H]1C[C@H]2C(=O)O[C@@H](C)[C@H](NC(=O)[C@@H]([NH3+])Cc3cc(F)cc(F)c3)C(=O)N3CCC[C@H]3C(=O)N3CCCC[C@H]3C(=O)N[C@@H](C)C(=O)N2C1. The summed E-state index contributed by atoms with van der Waals surface area (Å²) in [6.45, 7) is 5.63. The van der Waals surface area contributed by atoms with Crippen molar-refractivity contribution in [1.82, 2.24) is 25.3 Å². The third-order valence-corrected chi connectivity index (χ3v) is 9.81. The van der Waals surface area contributed by atoms with Gasteiger partial charge >= 0.3 is 5.97 Å². The fraction of sp³-hybridized carbons (Fsp3) is 0.636. The molecule has 4 saturated heterocycles. The van der Waals surface area contributed by atoms with E-state index in [0.29, 0.717) is 51.1 Å². The van der Waals surface area contributed by atoms with Crippen molar-refractivity contribution in [3.05, 3.63) is 35.4 Å². The van der Waals surface area contributed by atoms with Crippen LogP contribution in [0.5, 0.6) is 0 Å². The van der Waals surface area contributed by atoms with Crippen LogP contribution in [0.25, 0.3) is 0 Å². The van der Waals surface area contributed by atoms with Crippen molar-refractivity contribution in [2.45, 2.75) is 108 Å². The van der Waals surface area contributed by atoms with Gasteiger partial charge in [0.15, 0.2) is 6.04 Å². The third kappa shape index (κ3) is 7.45. The fourth-order valence-electron chi connectivity index (χ4n) is 7.35. The molecule has 1 aromatic rings. The van der Waals surface area contributed by atoms with Gasteiger partial charge in [0.2, 0.25) is 23.6 Å². The van der Waals surface area contributed by atoms with Crippen molar-refractivity contribution >= 4 is 35.5 Å². The average Bonchev–Trinajstić information content (AvgIpc) is 3.68. The number of esters is 1. The maximum absolute atomic E-state index is 14.3. The van der Waals surface area contributed by atoms with E-state index in [1.165, 1.54) is 21.6 Å². The standard InChI is InChI=1S/C33H44F2N6O7/c1-17-11-26-33(47)48-19(3)27(38-28(42)23(36)14-20-12-21(34)15-22(35)13-20)32(46)40-10-6-8-25(40)31(45)39-9-5-4-7-24(39)29(43)37-18(2)30(44)41(26)16-17/h12-13,15,17-19,23-27H,4-11,14,16,36H2,1-3H3,(H,37,43)(H,38,42)/p+1/t17-,18-,19-,23-,24-,25-,26-,27-/m0/s1. The van der Waals surface area contributed by atoms with Crippen LogP contribution >= 0.6 is 0 Å². The Kier molecular flexibility index (Phi) is 10.7. The number of carbonyl (C=O) groups is 6. The lowest BCUT2D eigenvalue weighted by atomic mass is 9.99. The van der Waals surface area contributed by atoms with Gasteiger partial charge in [-0.25, -0.2) is 13.6 Å². The zero-order valence-corrected chi connectivity index (χ0v) is 27.6. The van der Waals surface area contributed by atoms with Crippen LogP contribution in [0.15, 0.2) is 18.2 Å². The van der Waals surface area contributed by atoms with Crippen molar-refractivity contribution in [2.24, 2.45) is 5.92 Å². The number of benzene rings is 1. The molecule has 4 heterocycles. The van der Waals surface area contributed by atoms with Crippen LogP contribution in [0, 0.1) is 17.6 Å². The van der Waals surface area contributed by atoms with Crippen LogP contribution in [-0.4, -0.2) is 112 Å². The Labute approximate surface area is 277 Å². The van der Waals surface area contributed by atoms with Gasteiger partial charge in [-0.05, 0) is 76.0 Å². The van der Waals surface area contributed by atoms with Crippen LogP contribution in [0.3, 0.4) is 0 Å². The highest BCUT2D eigenvalue weighted by Crippen LogP contribution is 2.28. The van der Waals surface area contributed by atoms with Gasteiger partial charge in [0.25, 0.3) is 5.91 Å². The van der Waals surface area contributed by atoms with E-state index in [1.54, 1.807) is 6.92 Å². The first-order chi connectivity index (χ1) is 22.7. The quantitative estimate of drug-likeness (QED) is 0.367. The predicted octanol–water partition coefficient (Wildman–Crippen LogP) is -0.338. The van der Waals surface area contributed by atoms with Gasteiger partial charge in [-0.15, -0.1) is 0 Å². The zero-order chi connectivity index (χ0) is 34.9. The van der Waals surface area contributed by atoms with Crippen LogP contribution < -0.4 is 16.4 Å². The van der Waals surface area contributed by atoms with Crippen LogP contribution in [0.4, 0.5) is 8.78 Å². The molecule has 13 nitrogen and oxygen atoms in total. The first-order valence-corrected chi connectivity index (χ1v) is 16.8. The van der Waals surface area contributed by atoms with Gasteiger partial charge in [-0.2, -0.15) is 0 Å². The van der Waals surface area contributed by atoms with Gasteiger partial charge in [0, 0.05) is 32.1 Å². The number of quaternary nitrogens is 1. The van der Waals surface area contributed by atoms with E-state index in [0.717, 1.165) is 12.1 Å². The molecule has 0 spiro atoms. The molecule has 48 heavy (non-hydrogen) atoms. The number of fused-ring (bicyclic) bond motifs is 3. The van der Waals surface area contributed by atoms with Crippen molar-refractivity contribution in [3.63, 3.8) is 0 Å². The summed E-state index contributed by atoms with van der Waals surface area (Å²) in [5.74, 6) is -5.19. The number of amides is 5. The Hall–Kier alpha value is -4.14. The smallest absolute Gasteiger partial charge is 0.329 e. The van der Waals surface area contributed by atoms with Crippen LogP contribution in [-0.2, 0) is 39.9 Å². The number of carbonyl (C=O) groups excluding carboxylic acids is 6. The second-order valence-electron chi connectivity index (χ2n) is 13.6. The molecule has 4 aliphatic rings. The molecular formula is C33H45F2N6O7+. The highest BCUT2D eigenvalue weighted by atomic mass is 19.1. The van der Waals surface area contributed by atoms with Crippen molar-refractivity contribution < 1.29 is 48.0 Å². The Balaban J connectivity index is 1.47. The topological polar surface area (TPSA) is 173 Å². The second kappa shape index (κ2) is 14.5. The number of hydrogen-bond acceptors (Lipinski definition) is 7. The van der Waals surface area contributed by atoms with E-state index in [9.17, 15) is 37.5 Å². The number of hydrogen-bond donors (Lipinski definition) is 3. The van der Waals surface area contributed by atoms with Gasteiger partial charge < -0.3 is 35.8 Å². The second-order valence-corrected chi connectivity index (χ2v) is 13.6. The average molecular weight is 676 g/mol. The molecule has 0 radical (unpaired) electrons. The highest BCUT2D eigenvalue weighted by Gasteiger charge is 2.47. The summed E-state index contributed by atoms with van der Waals surface area (Å²) in [6, 6.07) is -3.36. The van der Waals surface area contributed by atoms with Crippen LogP contribution in [0.1, 0.15) is 64.9 Å². The summed E-state index contributed by atoms with van der Waals surface area (Å²) in [4.78, 5) is 86.7. The van der Waals surface area contributed by atoms with E-state index < -0.39 is 89.5 Å². The molecule has 0 unspecified atom stereocenters. The Morgan fingerprint density at radius 2 is 1.54 bits per heavy atom. The fourth-order valence-corrected chi connectivity index (χ4v) is 7.35. The van der Waals surface area contributed by atoms with Crippen molar-refractivity contribution in [3.8, 4) is 0 Å². The maximum atomic E-state index is 14.3. The zero-order valence-electron chi connectivity index (χ0n) is 27.6. The lowest BCUT2D eigenvalue weighted by Crippen LogP contribution is -2.71. The maximum Gasteiger partial charge on any atom is 0.329 e. The third-order valence-electron chi connectivity index (χ3n) is 9.81. The molecule has 0 bridgehead atoms. The molecule has 262 valence electrons. The van der Waals surface area contributed by atoms with E-state index in [1.807, 2.05) is 6.92 Å². The summed E-state index contributed by atoms with van der Waals surface area (Å²) in [5.41, 5.74) is 4.02. The number of rotatable bonds is 4. The van der Waals surface area contributed by atoms with Crippen molar-refractivity contribution in [2.75, 3.05) is 19.6 Å². The van der Waals surface area contributed by atoms with E-state index in [2.05, 4.69) is 16.4 Å². The summed E-state index contributed by atoms with van der Waals surface area (Å²) in [7, 11) is 0. The molecule has 8 atom stereocenters. The molecular weight excluding hydrogens is 630 g/mol. The molecule has 0 saturated carbocycles. The lowest BCUT2D eigenvalue weighted by molar-refractivity contribution is -0.403. The normalized spacial score (nSPS) is 31.1. The van der Waals surface area contributed by atoms with E-state index >= 15 is 0 Å². The Morgan fingerprint density at radius 1 is 0.896 bits per heavy atom. The first-order valence-electron chi connectivity index (χ1n) is 16.8. The Morgan fingerprint density at radius 3 is 2.25 bits per heavy atom. The molecule has 0 aliphatic carbocycles. The molecule has 5 N–H and O–H groups in total. The number of ether oxygens (including phenoxy) is 1. The highest BCUT2D eigenvalue weighted by molar-refractivity contribution is 5.97. The van der Waals surface area contributed by atoms with E-state index in [-0.39, 0.29) is 31.0 Å². The minimum absolute atomic E-state index is 0.0553. The minimum Gasteiger partial charge on any atom is -0.458 e. The molecule has 5 rings (SSSR count).